The van der Waals surface area contributed by atoms with Crippen molar-refractivity contribution >= 4 is 0 Å². The lowest BCUT2D eigenvalue weighted by Gasteiger charge is -2.26. The van der Waals surface area contributed by atoms with E-state index in [1.807, 2.05) is 0 Å². The van der Waals surface area contributed by atoms with Crippen molar-refractivity contribution in [1.29, 1.82) is 0 Å². The Morgan fingerprint density at radius 1 is 1.00 bits per heavy atom. The summed E-state index contributed by atoms with van der Waals surface area (Å²) in [6.45, 7) is 8.29. The first-order valence-corrected chi connectivity index (χ1v) is 8.17. The van der Waals surface area contributed by atoms with Gasteiger partial charge in [0.15, 0.2) is 0 Å². The lowest BCUT2D eigenvalue weighted by Crippen LogP contribution is -2.29. The Kier molecular flexibility index (Phi) is 3.95. The SMILES string of the molecule is CCN1CCCC23CCCOCCCC2C3CC1. The summed E-state index contributed by atoms with van der Waals surface area (Å²) in [7, 11) is 0. The largest absolute Gasteiger partial charge is 0.381 e. The molecular formula is C16H29NO. The van der Waals surface area contributed by atoms with Crippen LogP contribution in [0.25, 0.3) is 0 Å². The fourth-order valence-electron chi connectivity index (χ4n) is 4.91. The lowest BCUT2D eigenvalue weighted by molar-refractivity contribution is 0.123. The second kappa shape index (κ2) is 5.50. The van der Waals surface area contributed by atoms with Gasteiger partial charge in [-0.25, -0.2) is 0 Å². The highest BCUT2D eigenvalue weighted by Crippen LogP contribution is 2.68. The average molecular weight is 251 g/mol. The molecule has 18 heavy (non-hydrogen) atoms. The zero-order valence-electron chi connectivity index (χ0n) is 12.0. The molecule has 2 aliphatic heterocycles. The first-order chi connectivity index (χ1) is 8.87. The zero-order valence-corrected chi connectivity index (χ0v) is 12.0. The molecular weight excluding hydrogens is 222 g/mol. The van der Waals surface area contributed by atoms with Crippen LogP contribution in [0.15, 0.2) is 0 Å². The third kappa shape index (κ3) is 2.34. The Morgan fingerprint density at radius 3 is 2.67 bits per heavy atom. The van der Waals surface area contributed by atoms with E-state index < -0.39 is 0 Å². The van der Waals surface area contributed by atoms with E-state index in [1.165, 1.54) is 64.6 Å². The van der Waals surface area contributed by atoms with Crippen LogP contribution < -0.4 is 0 Å². The number of hydrogen-bond acceptors (Lipinski definition) is 2. The van der Waals surface area contributed by atoms with Crippen LogP contribution in [-0.2, 0) is 4.74 Å². The first kappa shape index (κ1) is 12.9. The van der Waals surface area contributed by atoms with Gasteiger partial charge < -0.3 is 9.64 Å². The number of rotatable bonds is 1. The molecule has 0 aromatic carbocycles. The third-order valence-electron chi connectivity index (χ3n) is 5.91. The van der Waals surface area contributed by atoms with E-state index in [0.717, 1.165) is 30.5 Å². The summed E-state index contributed by atoms with van der Waals surface area (Å²) in [5.74, 6) is 2.11. The second-order valence-electron chi connectivity index (χ2n) is 6.63. The van der Waals surface area contributed by atoms with E-state index in [1.54, 1.807) is 0 Å². The van der Waals surface area contributed by atoms with Crippen molar-refractivity contribution in [2.75, 3.05) is 32.8 Å². The summed E-state index contributed by atoms with van der Waals surface area (Å²) in [5, 5.41) is 0. The van der Waals surface area contributed by atoms with E-state index in [9.17, 15) is 0 Å². The maximum Gasteiger partial charge on any atom is 0.0466 e. The summed E-state index contributed by atoms with van der Waals surface area (Å²) in [5.41, 5.74) is 0.757. The Labute approximate surface area is 112 Å². The Hall–Kier alpha value is -0.0800. The summed E-state index contributed by atoms with van der Waals surface area (Å²) >= 11 is 0. The Bertz CT molecular complexity index is 280. The molecule has 2 nitrogen and oxygen atoms in total. The van der Waals surface area contributed by atoms with Crippen LogP contribution in [-0.4, -0.2) is 37.7 Å². The summed E-state index contributed by atoms with van der Waals surface area (Å²) in [6.07, 6.45) is 9.91. The van der Waals surface area contributed by atoms with Crippen molar-refractivity contribution in [3.05, 3.63) is 0 Å². The minimum atomic E-state index is 0.757. The molecule has 0 aromatic heterocycles. The maximum absolute atomic E-state index is 5.68. The minimum Gasteiger partial charge on any atom is -0.381 e. The van der Waals surface area contributed by atoms with Crippen molar-refractivity contribution in [2.24, 2.45) is 17.3 Å². The van der Waals surface area contributed by atoms with Crippen molar-refractivity contribution in [3.8, 4) is 0 Å². The van der Waals surface area contributed by atoms with Crippen LogP contribution in [0.1, 0.15) is 51.9 Å². The summed E-state index contributed by atoms with van der Waals surface area (Å²) in [4.78, 5) is 2.66. The molecule has 0 bridgehead atoms. The Balaban J connectivity index is 1.66. The number of likely N-dealkylation sites (tertiary alicyclic amines) is 1. The predicted molar refractivity (Wildman–Crippen MR) is 74.7 cm³/mol. The third-order valence-corrected chi connectivity index (χ3v) is 5.91. The molecule has 1 aliphatic carbocycles. The van der Waals surface area contributed by atoms with Gasteiger partial charge in [0, 0.05) is 13.2 Å². The second-order valence-corrected chi connectivity index (χ2v) is 6.63. The highest BCUT2D eigenvalue weighted by atomic mass is 16.5. The molecule has 3 atom stereocenters. The van der Waals surface area contributed by atoms with E-state index in [2.05, 4.69) is 11.8 Å². The standard InChI is InChI=1S/C16H29NO/c1-2-17-10-4-8-16-9-5-13-18-12-3-6-14(16)15(16)7-11-17/h14-15H,2-13H2,1H3. The van der Waals surface area contributed by atoms with Gasteiger partial charge in [-0.2, -0.15) is 0 Å². The molecule has 0 N–H and O–H groups in total. The van der Waals surface area contributed by atoms with Crippen LogP contribution in [0.4, 0.5) is 0 Å². The Morgan fingerprint density at radius 2 is 1.78 bits per heavy atom. The number of hydrogen-bond donors (Lipinski definition) is 0. The fraction of sp³-hybridized carbons (Fsp3) is 1.00. The maximum atomic E-state index is 5.68. The number of nitrogens with zero attached hydrogens (tertiary/aromatic N) is 1. The fourth-order valence-corrected chi connectivity index (χ4v) is 4.91. The molecule has 3 fully saturated rings. The van der Waals surface area contributed by atoms with E-state index in [4.69, 9.17) is 4.74 Å². The van der Waals surface area contributed by atoms with Crippen LogP contribution >= 0.6 is 0 Å². The molecule has 1 spiro atoms. The highest BCUT2D eigenvalue weighted by molar-refractivity contribution is 5.10. The van der Waals surface area contributed by atoms with Gasteiger partial charge in [0.2, 0.25) is 0 Å². The van der Waals surface area contributed by atoms with Crippen LogP contribution in [0, 0.1) is 17.3 Å². The molecule has 104 valence electrons. The van der Waals surface area contributed by atoms with E-state index >= 15 is 0 Å². The van der Waals surface area contributed by atoms with Gasteiger partial charge in [-0.05, 0) is 81.8 Å². The average Bonchev–Trinajstić information content (AvgIpc) is 2.91. The monoisotopic (exact) mass is 251 g/mol. The predicted octanol–water partition coefficient (Wildman–Crippen LogP) is 3.32. The molecule has 2 heteroatoms. The van der Waals surface area contributed by atoms with Crippen LogP contribution in [0.2, 0.25) is 0 Å². The van der Waals surface area contributed by atoms with Crippen molar-refractivity contribution < 1.29 is 4.74 Å². The van der Waals surface area contributed by atoms with Crippen molar-refractivity contribution in [1.82, 2.24) is 4.90 Å². The van der Waals surface area contributed by atoms with E-state index in [-0.39, 0.29) is 0 Å². The van der Waals surface area contributed by atoms with Crippen molar-refractivity contribution in [2.45, 2.75) is 51.9 Å². The van der Waals surface area contributed by atoms with E-state index in [0.29, 0.717) is 0 Å². The molecule has 0 radical (unpaired) electrons. The van der Waals surface area contributed by atoms with Gasteiger partial charge in [-0.15, -0.1) is 0 Å². The van der Waals surface area contributed by atoms with Gasteiger partial charge in [0.25, 0.3) is 0 Å². The molecule has 2 heterocycles. The van der Waals surface area contributed by atoms with Crippen LogP contribution in [0.3, 0.4) is 0 Å². The zero-order chi connectivity index (χ0) is 12.4. The minimum absolute atomic E-state index is 0.757. The first-order valence-electron chi connectivity index (χ1n) is 8.17. The van der Waals surface area contributed by atoms with Crippen LogP contribution in [0.5, 0.6) is 0 Å². The normalized spacial score (nSPS) is 42.5. The lowest BCUT2D eigenvalue weighted by atomic mass is 9.88. The number of ether oxygens (including phenoxy) is 1. The van der Waals surface area contributed by atoms with Gasteiger partial charge in [-0.1, -0.05) is 6.92 Å². The highest BCUT2D eigenvalue weighted by Gasteiger charge is 2.61. The molecule has 3 unspecified atom stereocenters. The number of fused-ring (bicyclic) bond motifs is 1. The quantitative estimate of drug-likeness (QED) is 0.709. The summed E-state index contributed by atoms with van der Waals surface area (Å²) < 4.78 is 5.68. The van der Waals surface area contributed by atoms with Crippen molar-refractivity contribution in [3.63, 3.8) is 0 Å². The topological polar surface area (TPSA) is 12.5 Å². The van der Waals surface area contributed by atoms with Gasteiger partial charge >= 0.3 is 0 Å². The summed E-state index contributed by atoms with van der Waals surface area (Å²) in [6, 6.07) is 0. The van der Waals surface area contributed by atoms with Gasteiger partial charge in [0.1, 0.15) is 0 Å². The molecule has 3 aliphatic rings. The smallest absolute Gasteiger partial charge is 0.0466 e. The molecule has 2 saturated heterocycles. The molecule has 0 aromatic rings. The molecule has 3 rings (SSSR count). The molecule has 0 amide bonds. The van der Waals surface area contributed by atoms with Gasteiger partial charge in [0.05, 0.1) is 0 Å². The molecule has 1 saturated carbocycles. The van der Waals surface area contributed by atoms with Gasteiger partial charge in [-0.3, -0.25) is 0 Å².